The van der Waals surface area contributed by atoms with Crippen molar-refractivity contribution in [3.63, 3.8) is 0 Å². The van der Waals surface area contributed by atoms with Crippen LogP contribution in [-0.2, 0) is 27.5 Å². The number of hydrogen-bond acceptors (Lipinski definition) is 6. The third kappa shape index (κ3) is 6.81. The predicted molar refractivity (Wildman–Crippen MR) is 117 cm³/mol. The second-order valence-electron chi connectivity index (χ2n) is 7.27. The normalized spacial score (nSPS) is 12.1. The van der Waals surface area contributed by atoms with Crippen molar-refractivity contribution < 1.29 is 35.9 Å². The molecule has 1 heterocycles. The van der Waals surface area contributed by atoms with Crippen LogP contribution in [0.3, 0.4) is 0 Å². The Balaban J connectivity index is 1.67. The van der Waals surface area contributed by atoms with Crippen LogP contribution < -0.4 is 5.32 Å². The van der Waals surface area contributed by atoms with Crippen molar-refractivity contribution >= 4 is 15.9 Å². The molecule has 0 aliphatic heterocycles. The van der Waals surface area contributed by atoms with E-state index >= 15 is 0 Å². The van der Waals surface area contributed by atoms with E-state index in [9.17, 15) is 35.9 Å². The molecule has 0 radical (unpaired) electrons. The van der Waals surface area contributed by atoms with E-state index in [4.69, 9.17) is 0 Å². The Hall–Kier alpha value is -3.42. The average molecular weight is 512 g/mol. The summed E-state index contributed by atoms with van der Waals surface area (Å²) >= 11 is 0. The number of rotatable bonds is 9. The third-order valence-electron chi connectivity index (χ3n) is 4.80. The number of aliphatic hydroxyl groups is 1. The predicted octanol–water partition coefficient (Wildman–Crippen LogP) is 2.60. The summed E-state index contributed by atoms with van der Waals surface area (Å²) in [6.07, 6.45) is -3.29. The number of nitrogens with one attached hydrogen (secondary N) is 1. The number of amides is 1. The maximum Gasteiger partial charge on any atom is 0.416 e. The molecule has 8 nitrogen and oxygen atoms in total. The lowest BCUT2D eigenvalue weighted by Gasteiger charge is -2.21. The lowest BCUT2D eigenvalue weighted by Crippen LogP contribution is -2.42. The van der Waals surface area contributed by atoms with Crippen molar-refractivity contribution in [3.8, 4) is 11.3 Å². The second-order valence-corrected chi connectivity index (χ2v) is 9.20. The van der Waals surface area contributed by atoms with Crippen molar-refractivity contribution in [1.82, 2.24) is 19.6 Å². The summed E-state index contributed by atoms with van der Waals surface area (Å²) in [6.45, 7) is -1.72. The summed E-state index contributed by atoms with van der Waals surface area (Å²) < 4.78 is 77.9. The van der Waals surface area contributed by atoms with Crippen LogP contribution in [0.4, 0.5) is 17.6 Å². The molecular formula is C22H20F4N4O4S. The molecule has 0 fully saturated rings. The molecule has 3 aromatic rings. The largest absolute Gasteiger partial charge is 0.416 e. The van der Waals surface area contributed by atoms with Crippen molar-refractivity contribution in [2.24, 2.45) is 0 Å². The van der Waals surface area contributed by atoms with E-state index in [0.29, 0.717) is 21.3 Å². The van der Waals surface area contributed by atoms with Crippen LogP contribution in [0.2, 0.25) is 0 Å². The van der Waals surface area contributed by atoms with Gasteiger partial charge < -0.3 is 10.4 Å². The molecule has 1 aromatic heterocycles. The first-order valence-electron chi connectivity index (χ1n) is 10.1. The maximum absolute atomic E-state index is 13.5. The van der Waals surface area contributed by atoms with Crippen LogP contribution in [0.5, 0.6) is 0 Å². The molecule has 35 heavy (non-hydrogen) atoms. The summed E-state index contributed by atoms with van der Waals surface area (Å²) in [7, 11) is -4.25. The van der Waals surface area contributed by atoms with Crippen molar-refractivity contribution in [2.45, 2.75) is 17.6 Å². The first-order chi connectivity index (χ1) is 16.5. The molecule has 0 saturated carbocycles. The smallest absolute Gasteiger partial charge is 0.395 e. The van der Waals surface area contributed by atoms with Gasteiger partial charge in [-0.15, -0.1) is 0 Å². The van der Waals surface area contributed by atoms with Gasteiger partial charge in [0.05, 0.1) is 41.5 Å². The lowest BCUT2D eigenvalue weighted by molar-refractivity contribution is -0.137. The summed E-state index contributed by atoms with van der Waals surface area (Å²) in [6, 6.07) is 10.1. The summed E-state index contributed by atoms with van der Waals surface area (Å²) in [4.78, 5) is 20.1. The molecule has 2 N–H and O–H groups in total. The van der Waals surface area contributed by atoms with E-state index in [1.165, 1.54) is 36.7 Å². The topological polar surface area (TPSA) is 112 Å². The number of carbonyl (C=O) groups is 1. The quantitative estimate of drug-likeness (QED) is 0.427. The Kier molecular flexibility index (Phi) is 8.14. The van der Waals surface area contributed by atoms with E-state index < -0.39 is 53.2 Å². The summed E-state index contributed by atoms with van der Waals surface area (Å²) in [5.41, 5.74) is 0.255. The molecule has 0 bridgehead atoms. The first-order valence-corrected chi connectivity index (χ1v) is 11.6. The Morgan fingerprint density at radius 2 is 1.77 bits per heavy atom. The first kappa shape index (κ1) is 26.2. The SMILES string of the molecule is O=C(CN(CCO)S(=O)(=O)c1cccc(F)c1)NCc1cc(-c2ccc(C(F)(F)F)cc2)ncn1. The number of benzene rings is 2. The molecule has 186 valence electrons. The van der Waals surface area contributed by atoms with Gasteiger partial charge >= 0.3 is 6.18 Å². The van der Waals surface area contributed by atoms with E-state index in [2.05, 4.69) is 15.3 Å². The summed E-state index contributed by atoms with van der Waals surface area (Å²) in [5.74, 6) is -1.49. The van der Waals surface area contributed by atoms with Crippen LogP contribution in [0.15, 0.2) is 65.8 Å². The van der Waals surface area contributed by atoms with Crippen molar-refractivity contribution in [3.05, 3.63) is 78.0 Å². The number of nitrogens with zero attached hydrogens (tertiary/aromatic N) is 3. The molecule has 0 spiro atoms. The zero-order chi connectivity index (χ0) is 25.6. The minimum Gasteiger partial charge on any atom is -0.395 e. The van der Waals surface area contributed by atoms with Crippen LogP contribution in [-0.4, -0.2) is 53.4 Å². The van der Waals surface area contributed by atoms with Crippen LogP contribution in [0, 0.1) is 5.82 Å². The van der Waals surface area contributed by atoms with Gasteiger partial charge in [0.2, 0.25) is 15.9 Å². The van der Waals surface area contributed by atoms with Gasteiger partial charge in [-0.3, -0.25) is 4.79 Å². The molecule has 0 unspecified atom stereocenters. The lowest BCUT2D eigenvalue weighted by atomic mass is 10.1. The molecular weight excluding hydrogens is 492 g/mol. The van der Waals surface area contributed by atoms with Gasteiger partial charge in [0, 0.05) is 12.1 Å². The van der Waals surface area contributed by atoms with Gasteiger partial charge in [-0.1, -0.05) is 18.2 Å². The fourth-order valence-corrected chi connectivity index (χ4v) is 4.48. The van der Waals surface area contributed by atoms with Gasteiger partial charge in [-0.2, -0.15) is 17.5 Å². The van der Waals surface area contributed by atoms with E-state index in [-0.39, 0.29) is 11.4 Å². The van der Waals surface area contributed by atoms with E-state index in [0.717, 1.165) is 24.3 Å². The number of aliphatic hydroxyl groups excluding tert-OH is 1. The minimum absolute atomic E-state index is 0.123. The van der Waals surface area contributed by atoms with Crippen molar-refractivity contribution in [1.29, 1.82) is 0 Å². The highest BCUT2D eigenvalue weighted by molar-refractivity contribution is 7.89. The molecule has 1 amide bonds. The fraction of sp³-hybridized carbons (Fsp3) is 0.227. The Bertz CT molecular complexity index is 1290. The van der Waals surface area contributed by atoms with Gasteiger partial charge in [0.25, 0.3) is 0 Å². The molecule has 13 heteroatoms. The highest BCUT2D eigenvalue weighted by atomic mass is 32.2. The molecule has 0 aliphatic rings. The van der Waals surface area contributed by atoms with Gasteiger partial charge in [-0.05, 0) is 36.4 Å². The van der Waals surface area contributed by atoms with E-state index in [1.807, 2.05) is 0 Å². The number of halogens is 4. The summed E-state index contributed by atoms with van der Waals surface area (Å²) in [5, 5.41) is 11.7. The molecule has 2 aromatic carbocycles. The van der Waals surface area contributed by atoms with E-state index in [1.54, 1.807) is 0 Å². The second kappa shape index (κ2) is 10.9. The Morgan fingerprint density at radius 1 is 1.06 bits per heavy atom. The van der Waals surface area contributed by atoms with Gasteiger partial charge in [-0.25, -0.2) is 22.8 Å². The zero-order valence-corrected chi connectivity index (χ0v) is 18.9. The highest BCUT2D eigenvalue weighted by Crippen LogP contribution is 2.30. The third-order valence-corrected chi connectivity index (χ3v) is 6.64. The number of aromatic nitrogens is 2. The zero-order valence-electron chi connectivity index (χ0n) is 18.0. The number of sulfonamides is 1. The molecule has 0 atom stereocenters. The molecule has 0 saturated heterocycles. The standard InChI is InChI=1S/C22H20F4N4O4S/c23-17-2-1-3-19(10-17)35(33,34)30(8-9-31)13-21(32)27-12-18-11-20(29-14-28-18)15-4-6-16(7-5-15)22(24,25)26/h1-7,10-11,14,31H,8-9,12-13H2,(H,27,32). The molecule has 3 rings (SSSR count). The minimum atomic E-state index is -4.47. The number of alkyl halides is 3. The average Bonchev–Trinajstić information content (AvgIpc) is 2.82. The number of carbonyl (C=O) groups excluding carboxylic acids is 1. The number of hydrogen-bond donors (Lipinski definition) is 2. The van der Waals surface area contributed by atoms with Gasteiger partial charge in [0.15, 0.2) is 0 Å². The van der Waals surface area contributed by atoms with Crippen LogP contribution in [0.25, 0.3) is 11.3 Å². The fourth-order valence-electron chi connectivity index (χ4n) is 3.06. The maximum atomic E-state index is 13.5. The molecule has 0 aliphatic carbocycles. The van der Waals surface area contributed by atoms with Crippen LogP contribution >= 0.6 is 0 Å². The highest BCUT2D eigenvalue weighted by Gasteiger charge is 2.30. The monoisotopic (exact) mass is 512 g/mol. The Labute approximate surface area is 198 Å². The Morgan fingerprint density at radius 3 is 2.40 bits per heavy atom. The van der Waals surface area contributed by atoms with Gasteiger partial charge in [0.1, 0.15) is 12.1 Å². The van der Waals surface area contributed by atoms with Crippen LogP contribution in [0.1, 0.15) is 11.3 Å². The van der Waals surface area contributed by atoms with Crippen molar-refractivity contribution in [2.75, 3.05) is 19.7 Å².